The molecule has 1 N–H and O–H groups in total. The highest BCUT2D eigenvalue weighted by Crippen LogP contribution is 2.17. The second-order valence-corrected chi connectivity index (χ2v) is 6.37. The Morgan fingerprint density at radius 2 is 1.85 bits per heavy atom. The van der Waals surface area contributed by atoms with Crippen LogP contribution in [-0.2, 0) is 13.0 Å². The summed E-state index contributed by atoms with van der Waals surface area (Å²) in [7, 11) is 1.57. The smallest absolute Gasteiger partial charge is 0.251 e. The molecule has 0 aliphatic heterocycles. The standard InChI is InChI=1S/C22H27NO3/c1-3-4-5-6-7-17-8-10-18(11-9-17)22(25)23-15-20-14-21(26-2)13-12-19(20)16-24/h8-14,16H,3-7,15H2,1-2H3,(H,23,25). The van der Waals surface area contributed by atoms with Gasteiger partial charge in [0.25, 0.3) is 5.91 Å². The predicted molar refractivity (Wildman–Crippen MR) is 104 cm³/mol. The molecule has 0 aromatic heterocycles. The Bertz CT molecular complexity index is 723. The minimum Gasteiger partial charge on any atom is -0.497 e. The molecule has 0 saturated heterocycles. The zero-order valence-corrected chi connectivity index (χ0v) is 15.6. The summed E-state index contributed by atoms with van der Waals surface area (Å²) in [5.41, 5.74) is 3.17. The van der Waals surface area contributed by atoms with Crippen molar-refractivity contribution in [2.45, 2.75) is 45.6 Å². The van der Waals surface area contributed by atoms with E-state index in [1.54, 1.807) is 25.3 Å². The van der Waals surface area contributed by atoms with Crippen LogP contribution in [0.25, 0.3) is 0 Å². The van der Waals surface area contributed by atoms with Crippen molar-refractivity contribution in [1.29, 1.82) is 0 Å². The third-order valence-corrected chi connectivity index (χ3v) is 4.45. The first-order valence-corrected chi connectivity index (χ1v) is 9.17. The molecule has 0 atom stereocenters. The summed E-state index contributed by atoms with van der Waals surface area (Å²) in [4.78, 5) is 23.5. The highest BCUT2D eigenvalue weighted by molar-refractivity contribution is 5.94. The molecule has 0 unspecified atom stereocenters. The van der Waals surface area contributed by atoms with Crippen molar-refractivity contribution in [3.8, 4) is 5.75 Å². The molecule has 0 spiro atoms. The molecule has 26 heavy (non-hydrogen) atoms. The van der Waals surface area contributed by atoms with Crippen molar-refractivity contribution >= 4 is 12.2 Å². The molecule has 0 fully saturated rings. The summed E-state index contributed by atoms with van der Waals surface area (Å²) in [5, 5.41) is 2.87. The van der Waals surface area contributed by atoms with Crippen molar-refractivity contribution in [1.82, 2.24) is 5.32 Å². The van der Waals surface area contributed by atoms with Crippen LogP contribution in [0.1, 0.15) is 64.4 Å². The van der Waals surface area contributed by atoms with Crippen LogP contribution in [0.2, 0.25) is 0 Å². The highest BCUT2D eigenvalue weighted by Gasteiger charge is 2.08. The summed E-state index contributed by atoms with van der Waals surface area (Å²) < 4.78 is 5.18. The summed E-state index contributed by atoms with van der Waals surface area (Å²) in [5.74, 6) is 0.509. The van der Waals surface area contributed by atoms with Crippen LogP contribution in [0.5, 0.6) is 5.75 Å². The average Bonchev–Trinajstić information content (AvgIpc) is 2.69. The fourth-order valence-electron chi connectivity index (χ4n) is 2.83. The number of nitrogens with one attached hydrogen (secondary N) is 1. The van der Waals surface area contributed by atoms with Crippen molar-refractivity contribution in [3.05, 3.63) is 64.7 Å². The lowest BCUT2D eigenvalue weighted by molar-refractivity contribution is 0.0949. The van der Waals surface area contributed by atoms with E-state index in [1.807, 2.05) is 24.3 Å². The van der Waals surface area contributed by atoms with E-state index in [0.717, 1.165) is 18.3 Å². The minimum atomic E-state index is -0.151. The van der Waals surface area contributed by atoms with Gasteiger partial charge < -0.3 is 10.1 Å². The van der Waals surface area contributed by atoms with Gasteiger partial charge in [-0.2, -0.15) is 0 Å². The topological polar surface area (TPSA) is 55.4 Å². The van der Waals surface area contributed by atoms with E-state index in [9.17, 15) is 9.59 Å². The molecule has 0 bridgehead atoms. The number of amides is 1. The van der Waals surface area contributed by atoms with Crippen LogP contribution < -0.4 is 10.1 Å². The maximum atomic E-state index is 12.4. The van der Waals surface area contributed by atoms with Gasteiger partial charge in [0.15, 0.2) is 0 Å². The van der Waals surface area contributed by atoms with Gasteiger partial charge in [-0.05, 0) is 54.3 Å². The maximum Gasteiger partial charge on any atom is 0.251 e. The van der Waals surface area contributed by atoms with E-state index in [1.165, 1.54) is 31.2 Å². The maximum absolute atomic E-state index is 12.4. The lowest BCUT2D eigenvalue weighted by Gasteiger charge is -2.10. The third-order valence-electron chi connectivity index (χ3n) is 4.45. The van der Waals surface area contributed by atoms with Crippen molar-refractivity contribution in [2.75, 3.05) is 7.11 Å². The Balaban J connectivity index is 1.92. The largest absolute Gasteiger partial charge is 0.497 e. The number of hydrogen-bond donors (Lipinski definition) is 1. The lowest BCUT2D eigenvalue weighted by Crippen LogP contribution is -2.23. The Morgan fingerprint density at radius 3 is 2.50 bits per heavy atom. The van der Waals surface area contributed by atoms with Crippen molar-refractivity contribution in [3.63, 3.8) is 0 Å². The monoisotopic (exact) mass is 353 g/mol. The highest BCUT2D eigenvalue weighted by atomic mass is 16.5. The second kappa shape index (κ2) is 10.4. The Kier molecular flexibility index (Phi) is 7.87. The lowest BCUT2D eigenvalue weighted by atomic mass is 10.0. The molecule has 4 nitrogen and oxygen atoms in total. The van der Waals surface area contributed by atoms with E-state index < -0.39 is 0 Å². The summed E-state index contributed by atoms with van der Waals surface area (Å²) in [6, 6.07) is 12.9. The fourth-order valence-corrected chi connectivity index (χ4v) is 2.83. The molecule has 0 aliphatic rings. The number of carbonyl (C=O) groups is 2. The van der Waals surface area contributed by atoms with Gasteiger partial charge in [-0.1, -0.05) is 38.3 Å². The number of aldehydes is 1. The molecular weight excluding hydrogens is 326 g/mol. The molecule has 2 aromatic rings. The Labute approximate surface area is 155 Å². The number of hydrogen-bond acceptors (Lipinski definition) is 3. The molecule has 4 heteroatoms. The fraction of sp³-hybridized carbons (Fsp3) is 0.364. The number of aryl methyl sites for hydroxylation is 1. The second-order valence-electron chi connectivity index (χ2n) is 6.37. The van der Waals surface area contributed by atoms with E-state index in [0.29, 0.717) is 16.9 Å². The molecule has 0 saturated carbocycles. The molecular formula is C22H27NO3. The summed E-state index contributed by atoms with van der Waals surface area (Å²) in [6.07, 6.45) is 6.77. The van der Waals surface area contributed by atoms with Gasteiger partial charge in [0.05, 0.1) is 7.11 Å². The third kappa shape index (κ3) is 5.73. The van der Waals surface area contributed by atoms with Crippen molar-refractivity contribution in [2.24, 2.45) is 0 Å². The van der Waals surface area contributed by atoms with Gasteiger partial charge in [-0.15, -0.1) is 0 Å². The molecule has 0 heterocycles. The zero-order chi connectivity index (χ0) is 18.8. The Morgan fingerprint density at radius 1 is 1.08 bits per heavy atom. The quantitative estimate of drug-likeness (QED) is 0.503. The SMILES string of the molecule is CCCCCCc1ccc(C(=O)NCc2cc(OC)ccc2C=O)cc1. The van der Waals surface area contributed by atoms with E-state index >= 15 is 0 Å². The van der Waals surface area contributed by atoms with Gasteiger partial charge in [-0.3, -0.25) is 9.59 Å². The van der Waals surface area contributed by atoms with Gasteiger partial charge in [0.1, 0.15) is 12.0 Å². The molecule has 0 aliphatic carbocycles. The number of ether oxygens (including phenoxy) is 1. The first kappa shape index (κ1) is 19.7. The average molecular weight is 353 g/mol. The number of carbonyl (C=O) groups excluding carboxylic acids is 2. The van der Waals surface area contributed by atoms with Crippen LogP contribution in [0.4, 0.5) is 0 Å². The summed E-state index contributed by atoms with van der Waals surface area (Å²) >= 11 is 0. The number of rotatable bonds is 10. The number of methoxy groups -OCH3 is 1. The van der Waals surface area contributed by atoms with Crippen LogP contribution in [0, 0.1) is 0 Å². The van der Waals surface area contributed by atoms with Gasteiger partial charge in [0, 0.05) is 17.7 Å². The molecule has 1 amide bonds. The van der Waals surface area contributed by atoms with Crippen LogP contribution in [0.15, 0.2) is 42.5 Å². The van der Waals surface area contributed by atoms with E-state index in [-0.39, 0.29) is 12.5 Å². The normalized spacial score (nSPS) is 10.4. The van der Waals surface area contributed by atoms with Gasteiger partial charge >= 0.3 is 0 Å². The number of unbranched alkanes of at least 4 members (excludes halogenated alkanes) is 3. The molecule has 0 radical (unpaired) electrons. The van der Waals surface area contributed by atoms with Crippen molar-refractivity contribution < 1.29 is 14.3 Å². The molecule has 2 rings (SSSR count). The number of benzene rings is 2. The van der Waals surface area contributed by atoms with Gasteiger partial charge in [-0.25, -0.2) is 0 Å². The molecule has 138 valence electrons. The zero-order valence-electron chi connectivity index (χ0n) is 15.6. The van der Waals surface area contributed by atoms with E-state index in [4.69, 9.17) is 4.74 Å². The predicted octanol–water partition coefficient (Wildman–Crippen LogP) is 4.56. The Hall–Kier alpha value is -2.62. The van der Waals surface area contributed by atoms with Crippen LogP contribution in [0.3, 0.4) is 0 Å². The first-order chi connectivity index (χ1) is 12.7. The first-order valence-electron chi connectivity index (χ1n) is 9.17. The molecule has 2 aromatic carbocycles. The van der Waals surface area contributed by atoms with Crippen LogP contribution in [-0.4, -0.2) is 19.3 Å². The van der Waals surface area contributed by atoms with Crippen LogP contribution >= 0.6 is 0 Å². The van der Waals surface area contributed by atoms with Gasteiger partial charge in [0.2, 0.25) is 0 Å². The van der Waals surface area contributed by atoms with E-state index in [2.05, 4.69) is 12.2 Å². The minimum absolute atomic E-state index is 0.151. The summed E-state index contributed by atoms with van der Waals surface area (Å²) in [6.45, 7) is 2.49.